The van der Waals surface area contributed by atoms with Crippen molar-refractivity contribution in [3.05, 3.63) is 45.9 Å². The summed E-state index contributed by atoms with van der Waals surface area (Å²) >= 11 is 6.77. The van der Waals surface area contributed by atoms with Crippen LogP contribution in [0, 0.1) is 0 Å². The van der Waals surface area contributed by atoms with Gasteiger partial charge in [-0.3, -0.25) is 0 Å². The fourth-order valence-corrected chi connectivity index (χ4v) is 2.79. The molecule has 1 heterocycles. The summed E-state index contributed by atoms with van der Waals surface area (Å²) < 4.78 is 3.77. The lowest BCUT2D eigenvalue weighted by molar-refractivity contribution is 0.252. The number of rotatable bonds is 5. The second-order valence-corrected chi connectivity index (χ2v) is 5.93. The van der Waals surface area contributed by atoms with Crippen molar-refractivity contribution in [2.75, 3.05) is 11.9 Å². The number of halogens is 2. The van der Waals surface area contributed by atoms with Crippen LogP contribution in [0.2, 0.25) is 0 Å². The topological polar surface area (TPSA) is 59.0 Å². The average molecular weight is 402 g/mol. The number of benzene rings is 1. The molecule has 1 aromatic carbocycles. The Morgan fingerprint density at radius 1 is 1.35 bits per heavy atom. The Hall–Kier alpha value is -1.34. The van der Waals surface area contributed by atoms with Crippen LogP contribution >= 0.6 is 31.9 Å². The van der Waals surface area contributed by atoms with E-state index in [-0.39, 0.29) is 6.03 Å². The van der Waals surface area contributed by atoms with Crippen LogP contribution in [0.5, 0.6) is 0 Å². The highest BCUT2D eigenvalue weighted by Crippen LogP contribution is 2.25. The molecular formula is C13H14Br2N4O. The second-order valence-electron chi connectivity index (χ2n) is 4.16. The van der Waals surface area contributed by atoms with E-state index < -0.39 is 0 Å². The number of urea groups is 1. The maximum Gasteiger partial charge on any atom is 0.319 e. The molecule has 0 aliphatic carbocycles. The van der Waals surface area contributed by atoms with Crippen LogP contribution in [-0.2, 0) is 6.54 Å². The fraction of sp³-hybridized carbons (Fsp3) is 0.231. The third-order valence-corrected chi connectivity index (χ3v) is 3.77. The quantitative estimate of drug-likeness (QED) is 0.751. The minimum absolute atomic E-state index is 0.210. The van der Waals surface area contributed by atoms with E-state index >= 15 is 0 Å². The van der Waals surface area contributed by atoms with Crippen molar-refractivity contribution in [2.24, 2.45) is 0 Å². The minimum Gasteiger partial charge on any atom is -0.338 e. The Kier molecular flexibility index (Phi) is 5.60. The number of carbonyl (C=O) groups is 1. The molecule has 0 aliphatic rings. The molecule has 0 bridgehead atoms. The van der Waals surface area contributed by atoms with Gasteiger partial charge in [-0.1, -0.05) is 15.9 Å². The minimum atomic E-state index is -0.210. The molecule has 2 rings (SSSR count). The van der Waals surface area contributed by atoms with Crippen molar-refractivity contribution in [1.82, 2.24) is 14.9 Å². The molecule has 0 unspecified atom stereocenters. The molecule has 0 spiro atoms. The molecule has 0 saturated heterocycles. The summed E-state index contributed by atoms with van der Waals surface area (Å²) in [6, 6.07) is 5.38. The highest BCUT2D eigenvalue weighted by Gasteiger charge is 2.05. The number of imidazole rings is 1. The predicted octanol–water partition coefficient (Wildman–Crippen LogP) is 3.62. The summed E-state index contributed by atoms with van der Waals surface area (Å²) in [5.41, 5.74) is 0.736. The Labute approximate surface area is 134 Å². The van der Waals surface area contributed by atoms with Crippen molar-refractivity contribution in [3.63, 3.8) is 0 Å². The maximum absolute atomic E-state index is 11.7. The van der Waals surface area contributed by atoms with Crippen LogP contribution in [0.25, 0.3) is 0 Å². The Balaban J connectivity index is 1.72. The van der Waals surface area contributed by atoms with Gasteiger partial charge in [0.2, 0.25) is 0 Å². The first-order valence-electron chi connectivity index (χ1n) is 6.11. The third-order valence-electron chi connectivity index (χ3n) is 2.62. The zero-order chi connectivity index (χ0) is 14.4. The van der Waals surface area contributed by atoms with Crippen molar-refractivity contribution in [3.8, 4) is 0 Å². The Morgan fingerprint density at radius 3 is 2.90 bits per heavy atom. The van der Waals surface area contributed by atoms with Gasteiger partial charge in [0, 0.05) is 34.4 Å². The van der Waals surface area contributed by atoms with Crippen molar-refractivity contribution in [1.29, 1.82) is 0 Å². The summed E-state index contributed by atoms with van der Waals surface area (Å²) in [4.78, 5) is 15.7. The number of aryl methyl sites for hydroxylation is 1. The lowest BCUT2D eigenvalue weighted by atomic mass is 10.3. The van der Waals surface area contributed by atoms with E-state index in [0.29, 0.717) is 6.54 Å². The molecule has 0 saturated carbocycles. The molecule has 2 aromatic rings. The highest BCUT2D eigenvalue weighted by molar-refractivity contribution is 9.11. The number of nitrogens with zero attached hydrogens (tertiary/aromatic N) is 2. The number of nitrogens with one attached hydrogen (secondary N) is 2. The lowest BCUT2D eigenvalue weighted by Gasteiger charge is -2.09. The number of hydrogen-bond acceptors (Lipinski definition) is 2. The van der Waals surface area contributed by atoms with E-state index in [0.717, 1.165) is 27.6 Å². The first-order chi connectivity index (χ1) is 9.65. The summed E-state index contributed by atoms with van der Waals surface area (Å²) in [7, 11) is 0. The van der Waals surface area contributed by atoms with Gasteiger partial charge in [-0.05, 0) is 40.5 Å². The maximum atomic E-state index is 11.7. The van der Waals surface area contributed by atoms with E-state index in [4.69, 9.17) is 0 Å². The average Bonchev–Trinajstić information content (AvgIpc) is 2.91. The van der Waals surface area contributed by atoms with E-state index in [1.165, 1.54) is 0 Å². The van der Waals surface area contributed by atoms with E-state index in [1.807, 2.05) is 29.0 Å². The number of carbonyl (C=O) groups excluding carboxylic acids is 1. The first kappa shape index (κ1) is 15.1. The zero-order valence-electron chi connectivity index (χ0n) is 10.6. The lowest BCUT2D eigenvalue weighted by Crippen LogP contribution is -2.30. The molecule has 20 heavy (non-hydrogen) atoms. The number of anilines is 1. The standard InChI is InChI=1S/C13H14Br2N4O/c14-10-2-3-12(11(15)8-10)18-13(20)17-4-1-6-19-7-5-16-9-19/h2-3,5,7-9H,1,4,6H2,(H2,17,18,20). The van der Waals surface area contributed by atoms with Crippen LogP contribution in [0.1, 0.15) is 6.42 Å². The SMILES string of the molecule is O=C(NCCCn1ccnc1)Nc1ccc(Br)cc1Br. The van der Waals surface area contributed by atoms with Crippen LogP contribution in [-0.4, -0.2) is 22.1 Å². The Morgan fingerprint density at radius 2 is 2.20 bits per heavy atom. The van der Waals surface area contributed by atoms with E-state index in [9.17, 15) is 4.79 Å². The van der Waals surface area contributed by atoms with Crippen molar-refractivity contribution in [2.45, 2.75) is 13.0 Å². The molecular weight excluding hydrogens is 388 g/mol. The third kappa shape index (κ3) is 4.64. The summed E-state index contributed by atoms with van der Waals surface area (Å²) in [6.45, 7) is 1.44. The van der Waals surface area contributed by atoms with Crippen LogP contribution < -0.4 is 10.6 Å². The predicted molar refractivity (Wildman–Crippen MR) is 85.7 cm³/mol. The highest BCUT2D eigenvalue weighted by atomic mass is 79.9. The van der Waals surface area contributed by atoms with E-state index in [1.54, 1.807) is 12.5 Å². The van der Waals surface area contributed by atoms with Crippen molar-refractivity contribution < 1.29 is 4.79 Å². The summed E-state index contributed by atoms with van der Waals surface area (Å²) in [6.07, 6.45) is 6.26. The van der Waals surface area contributed by atoms with Crippen LogP contribution in [0.4, 0.5) is 10.5 Å². The molecule has 0 radical (unpaired) electrons. The summed E-state index contributed by atoms with van der Waals surface area (Å²) in [5, 5.41) is 5.61. The van der Waals surface area contributed by atoms with Crippen molar-refractivity contribution >= 4 is 43.6 Å². The van der Waals surface area contributed by atoms with Crippen LogP contribution in [0.3, 0.4) is 0 Å². The zero-order valence-corrected chi connectivity index (χ0v) is 13.8. The fourth-order valence-electron chi connectivity index (χ4n) is 1.64. The molecule has 1 aromatic heterocycles. The molecule has 2 amide bonds. The normalized spacial score (nSPS) is 10.3. The van der Waals surface area contributed by atoms with Gasteiger partial charge >= 0.3 is 6.03 Å². The molecule has 7 heteroatoms. The van der Waals surface area contributed by atoms with Gasteiger partial charge in [0.25, 0.3) is 0 Å². The molecule has 106 valence electrons. The van der Waals surface area contributed by atoms with Gasteiger partial charge in [-0.2, -0.15) is 0 Å². The largest absolute Gasteiger partial charge is 0.338 e. The first-order valence-corrected chi connectivity index (χ1v) is 7.69. The van der Waals surface area contributed by atoms with Gasteiger partial charge in [-0.15, -0.1) is 0 Å². The molecule has 0 atom stereocenters. The van der Waals surface area contributed by atoms with Gasteiger partial charge in [0.15, 0.2) is 0 Å². The molecule has 0 aliphatic heterocycles. The number of aromatic nitrogens is 2. The van der Waals surface area contributed by atoms with Gasteiger partial charge in [-0.25, -0.2) is 9.78 Å². The second kappa shape index (κ2) is 7.44. The molecule has 2 N–H and O–H groups in total. The smallest absolute Gasteiger partial charge is 0.319 e. The number of amides is 2. The number of hydrogen-bond donors (Lipinski definition) is 2. The molecule has 0 fully saturated rings. The van der Waals surface area contributed by atoms with E-state index in [2.05, 4.69) is 47.5 Å². The molecule has 5 nitrogen and oxygen atoms in total. The Bertz CT molecular complexity index is 572. The monoisotopic (exact) mass is 400 g/mol. The van der Waals surface area contributed by atoms with Crippen LogP contribution in [0.15, 0.2) is 45.9 Å². The summed E-state index contributed by atoms with van der Waals surface area (Å²) in [5.74, 6) is 0. The van der Waals surface area contributed by atoms with Gasteiger partial charge in [0.05, 0.1) is 12.0 Å². The van der Waals surface area contributed by atoms with Gasteiger partial charge in [0.1, 0.15) is 0 Å². The van der Waals surface area contributed by atoms with Gasteiger partial charge < -0.3 is 15.2 Å².